The zero-order valence-corrected chi connectivity index (χ0v) is 9.94. The molecule has 0 saturated carbocycles. The number of aliphatic hydroxyl groups is 1. The molecule has 78 valence electrons. The average molecular weight is 265 g/mol. The summed E-state index contributed by atoms with van der Waals surface area (Å²) >= 11 is 3.42. The fraction of sp³-hybridized carbons (Fsp3) is 0.231. The third-order valence-electron chi connectivity index (χ3n) is 1.91. The van der Waals surface area contributed by atoms with Crippen molar-refractivity contribution in [3.8, 4) is 12.3 Å². The van der Waals surface area contributed by atoms with Gasteiger partial charge >= 0.3 is 0 Å². The molecule has 0 aliphatic rings. The second kappa shape index (κ2) is 6.44. The molecule has 0 aromatic heterocycles. The van der Waals surface area contributed by atoms with Crippen LogP contribution in [0.1, 0.15) is 18.4 Å². The lowest BCUT2D eigenvalue weighted by atomic mass is 10.1. The van der Waals surface area contributed by atoms with Gasteiger partial charge in [0.15, 0.2) is 0 Å². The van der Waals surface area contributed by atoms with Crippen LogP contribution in [0, 0.1) is 12.3 Å². The Morgan fingerprint density at radius 2 is 2.13 bits per heavy atom. The molecular formula is C13H13BrO. The van der Waals surface area contributed by atoms with Crippen molar-refractivity contribution >= 4 is 22.0 Å². The van der Waals surface area contributed by atoms with E-state index in [1.165, 1.54) is 0 Å². The van der Waals surface area contributed by atoms with E-state index in [0.717, 1.165) is 10.0 Å². The molecule has 1 N–H and O–H groups in total. The Labute approximate surface area is 99.0 Å². The van der Waals surface area contributed by atoms with Crippen LogP contribution in [0.5, 0.6) is 0 Å². The predicted octanol–water partition coefficient (Wildman–Crippen LogP) is 3.20. The maximum absolute atomic E-state index is 9.48. The molecule has 0 heterocycles. The third kappa shape index (κ3) is 4.83. The SMILES string of the molecule is C#CCC(O)C/C(Br)=C/c1ccccc1. The molecule has 0 saturated heterocycles. The van der Waals surface area contributed by atoms with Crippen molar-refractivity contribution in [1.82, 2.24) is 0 Å². The molecule has 1 rings (SSSR count). The molecular weight excluding hydrogens is 252 g/mol. The van der Waals surface area contributed by atoms with Gasteiger partial charge < -0.3 is 5.11 Å². The van der Waals surface area contributed by atoms with Gasteiger partial charge in [0.25, 0.3) is 0 Å². The second-order valence-corrected chi connectivity index (χ2v) is 4.29. The summed E-state index contributed by atoms with van der Waals surface area (Å²) in [6, 6.07) is 9.94. The first-order chi connectivity index (χ1) is 7.22. The van der Waals surface area contributed by atoms with E-state index in [1.807, 2.05) is 36.4 Å². The van der Waals surface area contributed by atoms with Crippen LogP contribution in [0.15, 0.2) is 34.8 Å². The highest BCUT2D eigenvalue weighted by atomic mass is 79.9. The summed E-state index contributed by atoms with van der Waals surface area (Å²) in [4.78, 5) is 0. The third-order valence-corrected chi connectivity index (χ3v) is 2.46. The van der Waals surface area contributed by atoms with Crippen LogP contribution in [0.4, 0.5) is 0 Å². The molecule has 0 amide bonds. The summed E-state index contributed by atoms with van der Waals surface area (Å²) in [5, 5.41) is 9.48. The summed E-state index contributed by atoms with van der Waals surface area (Å²) in [7, 11) is 0. The Kier molecular flexibility index (Phi) is 5.17. The summed E-state index contributed by atoms with van der Waals surface area (Å²) in [6.07, 6.45) is 7.57. The molecule has 1 aromatic rings. The molecule has 1 unspecified atom stereocenters. The molecule has 0 aliphatic carbocycles. The summed E-state index contributed by atoms with van der Waals surface area (Å²) < 4.78 is 0.955. The summed E-state index contributed by atoms with van der Waals surface area (Å²) in [5.74, 6) is 2.44. The van der Waals surface area contributed by atoms with Crippen molar-refractivity contribution in [3.63, 3.8) is 0 Å². The fourth-order valence-corrected chi connectivity index (χ4v) is 1.86. The topological polar surface area (TPSA) is 20.2 Å². The molecule has 0 aliphatic heterocycles. The van der Waals surface area contributed by atoms with E-state index in [-0.39, 0.29) is 0 Å². The number of terminal acetylenes is 1. The van der Waals surface area contributed by atoms with Crippen LogP contribution in [0.2, 0.25) is 0 Å². The molecule has 1 aromatic carbocycles. The number of aliphatic hydroxyl groups excluding tert-OH is 1. The zero-order valence-electron chi connectivity index (χ0n) is 8.36. The summed E-state index contributed by atoms with van der Waals surface area (Å²) in [6.45, 7) is 0. The lowest BCUT2D eigenvalue weighted by Crippen LogP contribution is -2.04. The van der Waals surface area contributed by atoms with Crippen molar-refractivity contribution < 1.29 is 5.11 Å². The Balaban J connectivity index is 2.58. The largest absolute Gasteiger partial charge is 0.392 e. The van der Waals surface area contributed by atoms with Gasteiger partial charge in [-0.25, -0.2) is 0 Å². The van der Waals surface area contributed by atoms with Gasteiger partial charge in [0.2, 0.25) is 0 Å². The molecule has 0 fully saturated rings. The minimum absolute atomic E-state index is 0.387. The molecule has 1 nitrogen and oxygen atoms in total. The van der Waals surface area contributed by atoms with E-state index in [0.29, 0.717) is 12.8 Å². The summed E-state index contributed by atoms with van der Waals surface area (Å²) in [5.41, 5.74) is 1.11. The molecule has 0 bridgehead atoms. The number of hydrogen-bond donors (Lipinski definition) is 1. The van der Waals surface area contributed by atoms with Crippen molar-refractivity contribution in [3.05, 3.63) is 40.4 Å². The lowest BCUT2D eigenvalue weighted by molar-refractivity contribution is 0.183. The Morgan fingerprint density at radius 3 is 2.73 bits per heavy atom. The number of hydrogen-bond acceptors (Lipinski definition) is 1. The first-order valence-corrected chi connectivity index (χ1v) is 5.54. The van der Waals surface area contributed by atoms with Crippen LogP contribution < -0.4 is 0 Å². The lowest BCUT2D eigenvalue weighted by Gasteiger charge is -2.05. The van der Waals surface area contributed by atoms with Crippen LogP contribution in [0.3, 0.4) is 0 Å². The highest BCUT2D eigenvalue weighted by Crippen LogP contribution is 2.18. The second-order valence-electron chi connectivity index (χ2n) is 3.27. The zero-order chi connectivity index (χ0) is 11.1. The van der Waals surface area contributed by atoms with Crippen molar-refractivity contribution in [2.45, 2.75) is 18.9 Å². The van der Waals surface area contributed by atoms with E-state index in [1.54, 1.807) is 0 Å². The molecule has 1 atom stereocenters. The predicted molar refractivity (Wildman–Crippen MR) is 67.4 cm³/mol. The van der Waals surface area contributed by atoms with Crippen LogP contribution in [-0.4, -0.2) is 11.2 Å². The first-order valence-electron chi connectivity index (χ1n) is 4.75. The Hall–Kier alpha value is -1.04. The van der Waals surface area contributed by atoms with Crippen LogP contribution in [-0.2, 0) is 0 Å². The van der Waals surface area contributed by atoms with Gasteiger partial charge in [0.05, 0.1) is 6.10 Å². The minimum atomic E-state index is -0.468. The van der Waals surface area contributed by atoms with E-state index >= 15 is 0 Å². The van der Waals surface area contributed by atoms with Crippen LogP contribution >= 0.6 is 15.9 Å². The van der Waals surface area contributed by atoms with E-state index in [2.05, 4.69) is 21.9 Å². The van der Waals surface area contributed by atoms with Gasteiger partial charge in [-0.05, 0) is 16.1 Å². The maximum Gasteiger partial charge on any atom is 0.0694 e. The molecule has 0 radical (unpaired) electrons. The normalized spacial score (nSPS) is 13.3. The first kappa shape index (κ1) is 12.0. The van der Waals surface area contributed by atoms with Gasteiger partial charge in [-0.2, -0.15) is 0 Å². The number of rotatable bonds is 4. The molecule has 0 spiro atoms. The van der Waals surface area contributed by atoms with Gasteiger partial charge in [0.1, 0.15) is 0 Å². The maximum atomic E-state index is 9.48. The molecule has 15 heavy (non-hydrogen) atoms. The standard InChI is InChI=1S/C13H13BrO/c1-2-6-13(15)10-12(14)9-11-7-4-3-5-8-11/h1,3-5,7-9,13,15H,6,10H2/b12-9-. The van der Waals surface area contributed by atoms with Crippen LogP contribution in [0.25, 0.3) is 6.08 Å². The number of benzene rings is 1. The Bertz CT molecular complexity index is 362. The fourth-order valence-electron chi connectivity index (χ4n) is 1.22. The van der Waals surface area contributed by atoms with Crippen molar-refractivity contribution in [1.29, 1.82) is 0 Å². The van der Waals surface area contributed by atoms with Gasteiger partial charge in [-0.15, -0.1) is 12.3 Å². The minimum Gasteiger partial charge on any atom is -0.392 e. The Morgan fingerprint density at radius 1 is 1.47 bits per heavy atom. The van der Waals surface area contributed by atoms with E-state index in [4.69, 9.17) is 6.42 Å². The molecule has 2 heteroatoms. The quantitative estimate of drug-likeness (QED) is 0.829. The number of halogens is 1. The highest BCUT2D eigenvalue weighted by Gasteiger charge is 2.03. The monoisotopic (exact) mass is 264 g/mol. The van der Waals surface area contributed by atoms with Crippen molar-refractivity contribution in [2.75, 3.05) is 0 Å². The van der Waals surface area contributed by atoms with E-state index < -0.39 is 6.10 Å². The highest BCUT2D eigenvalue weighted by molar-refractivity contribution is 9.11. The van der Waals surface area contributed by atoms with Gasteiger partial charge in [-0.3, -0.25) is 0 Å². The average Bonchev–Trinajstić information content (AvgIpc) is 2.19. The van der Waals surface area contributed by atoms with Gasteiger partial charge in [-0.1, -0.05) is 46.3 Å². The smallest absolute Gasteiger partial charge is 0.0694 e. The van der Waals surface area contributed by atoms with E-state index in [9.17, 15) is 5.11 Å². The van der Waals surface area contributed by atoms with Gasteiger partial charge in [0, 0.05) is 12.8 Å². The van der Waals surface area contributed by atoms with Crippen molar-refractivity contribution in [2.24, 2.45) is 0 Å².